The molecule has 0 N–H and O–H groups in total. The van der Waals surface area contributed by atoms with E-state index in [0.29, 0.717) is 43.3 Å². The molecule has 0 unspecified atom stereocenters. The Kier molecular flexibility index (Phi) is 5.85. The number of rotatable bonds is 3. The molecule has 1 aliphatic rings. The molecule has 0 radical (unpaired) electrons. The summed E-state index contributed by atoms with van der Waals surface area (Å²) in [5.41, 5.74) is 3.18. The third-order valence-corrected chi connectivity index (χ3v) is 5.47. The zero-order valence-electron chi connectivity index (χ0n) is 16.0. The minimum Gasteiger partial charge on any atom is -0.341 e. The molecule has 1 aromatic carbocycles. The SMILES string of the molecule is CC(=O)N1CCCN(C(=O)c2c(C)nn(Cc3ccccc3Cl)c2C)CC1. The number of carbonyl (C=O) groups excluding carboxylic acids is 2. The molecule has 144 valence electrons. The van der Waals surface area contributed by atoms with Crippen molar-refractivity contribution in [1.82, 2.24) is 19.6 Å². The van der Waals surface area contributed by atoms with E-state index in [2.05, 4.69) is 5.10 Å². The highest BCUT2D eigenvalue weighted by Gasteiger charge is 2.26. The molecule has 0 aliphatic carbocycles. The summed E-state index contributed by atoms with van der Waals surface area (Å²) in [5, 5.41) is 5.26. The number of hydrogen-bond acceptors (Lipinski definition) is 3. The molecule has 27 heavy (non-hydrogen) atoms. The molecule has 0 bridgehead atoms. The van der Waals surface area contributed by atoms with Crippen LogP contribution in [-0.2, 0) is 11.3 Å². The first-order valence-electron chi connectivity index (χ1n) is 9.20. The molecule has 1 aliphatic heterocycles. The smallest absolute Gasteiger partial charge is 0.257 e. The van der Waals surface area contributed by atoms with Gasteiger partial charge in [0.15, 0.2) is 0 Å². The van der Waals surface area contributed by atoms with Crippen LogP contribution in [0.25, 0.3) is 0 Å². The average Bonchev–Trinajstić information content (AvgIpc) is 2.80. The van der Waals surface area contributed by atoms with Crippen molar-refractivity contribution in [1.29, 1.82) is 0 Å². The van der Waals surface area contributed by atoms with E-state index in [4.69, 9.17) is 11.6 Å². The standard InChI is InChI=1S/C20H25ClN4O2/c1-14-19(20(27)24-10-6-9-23(11-12-24)16(3)26)15(2)25(22-14)13-17-7-4-5-8-18(17)21/h4-5,7-8H,6,9-13H2,1-3H3. The van der Waals surface area contributed by atoms with Crippen LogP contribution in [0.15, 0.2) is 24.3 Å². The maximum Gasteiger partial charge on any atom is 0.257 e. The maximum atomic E-state index is 13.1. The van der Waals surface area contributed by atoms with E-state index in [0.717, 1.165) is 23.4 Å². The van der Waals surface area contributed by atoms with Crippen molar-refractivity contribution in [3.8, 4) is 0 Å². The molecule has 2 aromatic rings. The number of halogens is 1. The van der Waals surface area contributed by atoms with Gasteiger partial charge >= 0.3 is 0 Å². The highest BCUT2D eigenvalue weighted by Crippen LogP contribution is 2.21. The Balaban J connectivity index is 1.80. The molecule has 0 atom stereocenters. The lowest BCUT2D eigenvalue weighted by Gasteiger charge is -2.21. The van der Waals surface area contributed by atoms with Gasteiger partial charge in [0.25, 0.3) is 5.91 Å². The number of hydrogen-bond donors (Lipinski definition) is 0. The molecule has 1 saturated heterocycles. The fourth-order valence-corrected chi connectivity index (χ4v) is 3.74. The largest absolute Gasteiger partial charge is 0.341 e. The second kappa shape index (κ2) is 8.13. The molecule has 1 fully saturated rings. The van der Waals surface area contributed by atoms with Gasteiger partial charge < -0.3 is 9.80 Å². The highest BCUT2D eigenvalue weighted by molar-refractivity contribution is 6.31. The lowest BCUT2D eigenvalue weighted by molar-refractivity contribution is -0.128. The Hall–Kier alpha value is -2.34. The summed E-state index contributed by atoms with van der Waals surface area (Å²) in [6, 6.07) is 7.65. The summed E-state index contributed by atoms with van der Waals surface area (Å²) < 4.78 is 1.84. The number of nitrogens with zero attached hydrogens (tertiary/aromatic N) is 4. The van der Waals surface area contributed by atoms with E-state index < -0.39 is 0 Å². The van der Waals surface area contributed by atoms with E-state index >= 15 is 0 Å². The lowest BCUT2D eigenvalue weighted by atomic mass is 10.1. The van der Waals surface area contributed by atoms with Crippen LogP contribution in [0, 0.1) is 13.8 Å². The minimum absolute atomic E-state index is 0.0131. The van der Waals surface area contributed by atoms with Gasteiger partial charge in [-0.05, 0) is 31.9 Å². The van der Waals surface area contributed by atoms with Crippen LogP contribution >= 0.6 is 11.6 Å². The summed E-state index contributed by atoms with van der Waals surface area (Å²) in [6.07, 6.45) is 0.789. The summed E-state index contributed by atoms with van der Waals surface area (Å²) in [6.45, 7) is 8.36. The Morgan fingerprint density at radius 2 is 1.74 bits per heavy atom. The molecular weight excluding hydrogens is 364 g/mol. The van der Waals surface area contributed by atoms with Crippen LogP contribution in [0.2, 0.25) is 5.02 Å². The van der Waals surface area contributed by atoms with E-state index in [1.807, 2.05) is 47.7 Å². The molecule has 0 spiro atoms. The summed E-state index contributed by atoms with van der Waals surface area (Å²) >= 11 is 6.27. The van der Waals surface area contributed by atoms with Gasteiger partial charge in [0.05, 0.1) is 17.8 Å². The number of aryl methyl sites for hydroxylation is 1. The van der Waals surface area contributed by atoms with Gasteiger partial charge in [-0.25, -0.2) is 0 Å². The second-order valence-electron chi connectivity index (χ2n) is 6.95. The van der Waals surface area contributed by atoms with Gasteiger partial charge in [0.1, 0.15) is 0 Å². The topological polar surface area (TPSA) is 58.4 Å². The first-order valence-corrected chi connectivity index (χ1v) is 9.58. The summed E-state index contributed by atoms with van der Waals surface area (Å²) in [4.78, 5) is 28.4. The first-order chi connectivity index (χ1) is 12.9. The Morgan fingerprint density at radius 1 is 1.07 bits per heavy atom. The van der Waals surface area contributed by atoms with Crippen molar-refractivity contribution in [2.24, 2.45) is 0 Å². The van der Waals surface area contributed by atoms with Crippen LogP contribution < -0.4 is 0 Å². The fraction of sp³-hybridized carbons (Fsp3) is 0.450. The van der Waals surface area contributed by atoms with Crippen molar-refractivity contribution < 1.29 is 9.59 Å². The van der Waals surface area contributed by atoms with Crippen LogP contribution in [0.4, 0.5) is 0 Å². The van der Waals surface area contributed by atoms with Crippen LogP contribution in [0.3, 0.4) is 0 Å². The molecule has 1 aromatic heterocycles. The van der Waals surface area contributed by atoms with Gasteiger partial charge in [-0.2, -0.15) is 5.10 Å². The molecule has 0 saturated carbocycles. The van der Waals surface area contributed by atoms with Gasteiger partial charge in [0, 0.05) is 43.8 Å². The Bertz CT molecular complexity index is 862. The van der Waals surface area contributed by atoms with Crippen molar-refractivity contribution in [2.45, 2.75) is 33.7 Å². The van der Waals surface area contributed by atoms with Gasteiger partial charge in [-0.15, -0.1) is 0 Å². The molecule has 7 heteroatoms. The monoisotopic (exact) mass is 388 g/mol. The van der Waals surface area contributed by atoms with E-state index in [1.54, 1.807) is 11.8 Å². The van der Waals surface area contributed by atoms with Crippen molar-refractivity contribution >= 4 is 23.4 Å². The summed E-state index contributed by atoms with van der Waals surface area (Å²) in [5.74, 6) is 0.0463. The third-order valence-electron chi connectivity index (χ3n) is 5.10. The maximum absolute atomic E-state index is 13.1. The van der Waals surface area contributed by atoms with E-state index in [-0.39, 0.29) is 11.8 Å². The molecular formula is C20H25ClN4O2. The fourth-order valence-electron chi connectivity index (χ4n) is 3.54. The second-order valence-corrected chi connectivity index (χ2v) is 7.35. The van der Waals surface area contributed by atoms with Crippen molar-refractivity contribution in [3.63, 3.8) is 0 Å². The normalized spacial score (nSPS) is 15.0. The lowest BCUT2D eigenvalue weighted by Crippen LogP contribution is -2.36. The van der Waals surface area contributed by atoms with E-state index in [9.17, 15) is 9.59 Å². The molecule has 3 rings (SSSR count). The number of aromatic nitrogens is 2. The number of benzene rings is 1. The average molecular weight is 389 g/mol. The van der Waals surface area contributed by atoms with Crippen molar-refractivity contribution in [3.05, 3.63) is 51.8 Å². The van der Waals surface area contributed by atoms with E-state index in [1.165, 1.54) is 0 Å². The molecule has 2 amide bonds. The Labute approximate surface area is 164 Å². The van der Waals surface area contributed by atoms with Gasteiger partial charge in [-0.1, -0.05) is 29.8 Å². The minimum atomic E-state index is -0.0131. The van der Waals surface area contributed by atoms with Crippen LogP contribution in [0.1, 0.15) is 40.7 Å². The zero-order valence-corrected chi connectivity index (χ0v) is 16.8. The highest BCUT2D eigenvalue weighted by atomic mass is 35.5. The number of carbonyl (C=O) groups is 2. The number of amides is 2. The van der Waals surface area contributed by atoms with Crippen LogP contribution in [0.5, 0.6) is 0 Å². The van der Waals surface area contributed by atoms with Gasteiger partial charge in [0.2, 0.25) is 5.91 Å². The molecule has 6 nitrogen and oxygen atoms in total. The Morgan fingerprint density at radius 3 is 2.44 bits per heavy atom. The van der Waals surface area contributed by atoms with Crippen LogP contribution in [-0.4, -0.2) is 57.6 Å². The van der Waals surface area contributed by atoms with Gasteiger partial charge in [-0.3, -0.25) is 14.3 Å². The predicted molar refractivity (Wildman–Crippen MR) is 105 cm³/mol. The first kappa shape index (κ1) is 19.4. The summed E-state index contributed by atoms with van der Waals surface area (Å²) in [7, 11) is 0. The predicted octanol–water partition coefficient (Wildman–Crippen LogP) is 2.90. The quantitative estimate of drug-likeness (QED) is 0.812. The van der Waals surface area contributed by atoms with Crippen molar-refractivity contribution in [2.75, 3.05) is 26.2 Å². The third kappa shape index (κ3) is 4.16. The molecule has 2 heterocycles. The zero-order chi connectivity index (χ0) is 19.6.